The van der Waals surface area contributed by atoms with Gasteiger partial charge in [-0.15, -0.1) is 0 Å². The number of hydrogen-bond acceptors (Lipinski definition) is 10. The van der Waals surface area contributed by atoms with Gasteiger partial charge in [-0.3, -0.25) is 19.9 Å². The molecule has 0 bridgehead atoms. The summed E-state index contributed by atoms with van der Waals surface area (Å²) in [6.07, 6.45) is 7.48. The van der Waals surface area contributed by atoms with Crippen molar-refractivity contribution in [3.05, 3.63) is 225 Å². The number of nitrogens with zero attached hydrogens (tertiary/aromatic N) is 9. The number of hydrogen-bond donors (Lipinski definition) is 0. The summed E-state index contributed by atoms with van der Waals surface area (Å²) >= 11 is 0. The fourth-order valence-electron chi connectivity index (χ4n) is 10.2. The van der Waals surface area contributed by atoms with E-state index in [1.54, 1.807) is 0 Å². The van der Waals surface area contributed by atoms with Crippen LogP contribution in [-0.2, 0) is 0 Å². The first-order valence-electron chi connectivity index (χ1n) is 24.6. The molecule has 0 fully saturated rings. The lowest BCUT2D eigenvalue weighted by Crippen LogP contribution is -2.00. The summed E-state index contributed by atoms with van der Waals surface area (Å²) in [5, 5.41) is 8.17. The highest BCUT2D eigenvalue weighted by molar-refractivity contribution is 6.22. The van der Waals surface area contributed by atoms with Crippen molar-refractivity contribution in [2.45, 2.75) is 0 Å². The molecule has 75 heavy (non-hydrogen) atoms. The standard InChI is InChI=1S/C65H37N9O/c1-9-21-53-38(13-1)25-45(34-66-53)57-32-58(46-26-39-14-2-10-22-54(39)67-35-46)71-63(70-57)42-29-43(31-44(30-42)65-74-61-51-19-7-5-17-49(51)50-18-6-8-20-52(50)62(61)75-65)64-72-59(47-27-40-15-3-11-23-55(40)68-36-47)33-60(73-64)48-28-41-16-4-12-24-56(41)69-37-48/h1-37H. The molecule has 348 valence electrons. The van der Waals surface area contributed by atoms with E-state index in [1.165, 1.54) is 0 Å². The summed E-state index contributed by atoms with van der Waals surface area (Å²) in [6, 6.07) is 67.7. The van der Waals surface area contributed by atoms with Crippen LogP contribution in [0.5, 0.6) is 0 Å². The minimum Gasteiger partial charge on any atom is -0.435 e. The van der Waals surface area contributed by atoms with Crippen LogP contribution in [0.15, 0.2) is 229 Å². The average Bonchev–Trinajstić information content (AvgIpc) is 3.95. The lowest BCUT2D eigenvalue weighted by Gasteiger charge is -2.13. The summed E-state index contributed by atoms with van der Waals surface area (Å²) in [5.41, 5.74) is 13.3. The van der Waals surface area contributed by atoms with Crippen LogP contribution in [0.3, 0.4) is 0 Å². The van der Waals surface area contributed by atoms with Gasteiger partial charge in [0.15, 0.2) is 17.2 Å². The van der Waals surface area contributed by atoms with Crippen LogP contribution < -0.4 is 0 Å². The molecule has 0 unspecified atom stereocenters. The predicted molar refractivity (Wildman–Crippen MR) is 299 cm³/mol. The van der Waals surface area contributed by atoms with Crippen molar-refractivity contribution < 1.29 is 4.42 Å². The molecule has 0 spiro atoms. The zero-order valence-corrected chi connectivity index (χ0v) is 39.8. The highest BCUT2D eigenvalue weighted by Gasteiger charge is 2.22. The third-order valence-corrected chi connectivity index (χ3v) is 14.0. The lowest BCUT2D eigenvalue weighted by molar-refractivity contribution is 0.623. The molecule has 10 heteroatoms. The molecule has 0 amide bonds. The van der Waals surface area contributed by atoms with Crippen molar-refractivity contribution in [3.8, 4) is 79.3 Å². The molecule has 0 aliphatic heterocycles. The first kappa shape index (κ1) is 42.3. The van der Waals surface area contributed by atoms with E-state index in [2.05, 4.69) is 91.0 Å². The number of oxazole rings is 1. The van der Waals surface area contributed by atoms with E-state index in [-0.39, 0.29) is 0 Å². The van der Waals surface area contributed by atoms with E-state index in [0.717, 1.165) is 92.9 Å². The van der Waals surface area contributed by atoms with Crippen molar-refractivity contribution in [1.29, 1.82) is 0 Å². The van der Waals surface area contributed by atoms with Crippen LogP contribution in [0.4, 0.5) is 0 Å². The molecular formula is C65H37N9O. The predicted octanol–water partition coefficient (Wildman–Crippen LogP) is 15.6. The summed E-state index contributed by atoms with van der Waals surface area (Å²) in [7, 11) is 0. The Morgan fingerprint density at radius 3 is 1.01 bits per heavy atom. The van der Waals surface area contributed by atoms with Crippen molar-refractivity contribution >= 4 is 76.3 Å². The van der Waals surface area contributed by atoms with E-state index < -0.39 is 0 Å². The Balaban J connectivity index is 0.995. The second-order valence-electron chi connectivity index (χ2n) is 18.7. The highest BCUT2D eigenvalue weighted by atomic mass is 16.3. The van der Waals surface area contributed by atoms with E-state index in [1.807, 2.05) is 134 Å². The second kappa shape index (κ2) is 17.1. The van der Waals surface area contributed by atoms with Crippen molar-refractivity contribution in [1.82, 2.24) is 44.9 Å². The summed E-state index contributed by atoms with van der Waals surface area (Å²) < 4.78 is 6.97. The summed E-state index contributed by atoms with van der Waals surface area (Å²) in [6.45, 7) is 0. The smallest absolute Gasteiger partial charge is 0.227 e. The van der Waals surface area contributed by atoms with E-state index in [9.17, 15) is 0 Å². The van der Waals surface area contributed by atoms with Gasteiger partial charge in [-0.25, -0.2) is 24.9 Å². The maximum Gasteiger partial charge on any atom is 0.227 e. The molecule has 0 N–H and O–H groups in total. The molecule has 15 rings (SSSR count). The van der Waals surface area contributed by atoms with Gasteiger partial charge >= 0.3 is 0 Å². The van der Waals surface area contributed by atoms with Crippen molar-refractivity contribution in [2.24, 2.45) is 0 Å². The lowest BCUT2D eigenvalue weighted by atomic mass is 10.0. The fourth-order valence-corrected chi connectivity index (χ4v) is 10.2. The van der Waals surface area contributed by atoms with Gasteiger partial charge in [0, 0.05) is 96.0 Å². The Bertz CT molecular complexity index is 4330. The molecule has 7 heterocycles. The molecule has 10 nitrogen and oxygen atoms in total. The monoisotopic (exact) mass is 959 g/mol. The third-order valence-electron chi connectivity index (χ3n) is 14.0. The first-order valence-corrected chi connectivity index (χ1v) is 24.6. The normalized spacial score (nSPS) is 11.7. The largest absolute Gasteiger partial charge is 0.435 e. The number of benzene rings is 8. The molecule has 0 radical (unpaired) electrons. The molecule has 7 aromatic heterocycles. The van der Waals surface area contributed by atoms with Crippen LogP contribution in [0.1, 0.15) is 0 Å². The number of para-hydroxylation sites is 4. The molecule has 0 saturated heterocycles. The van der Waals surface area contributed by atoms with Gasteiger partial charge in [-0.1, -0.05) is 121 Å². The van der Waals surface area contributed by atoms with Gasteiger partial charge in [0.05, 0.1) is 44.8 Å². The Morgan fingerprint density at radius 2 is 0.600 bits per heavy atom. The Morgan fingerprint density at radius 1 is 0.267 bits per heavy atom. The van der Waals surface area contributed by atoms with Gasteiger partial charge in [-0.2, -0.15) is 0 Å². The molecule has 15 aromatic rings. The molecule has 8 aromatic carbocycles. The minimum atomic E-state index is 0.428. The molecule has 0 atom stereocenters. The van der Waals surface area contributed by atoms with Crippen molar-refractivity contribution in [3.63, 3.8) is 0 Å². The van der Waals surface area contributed by atoms with Crippen LogP contribution in [0.2, 0.25) is 0 Å². The van der Waals surface area contributed by atoms with E-state index in [0.29, 0.717) is 62.6 Å². The van der Waals surface area contributed by atoms with E-state index in [4.69, 9.17) is 49.3 Å². The molecular weight excluding hydrogens is 923 g/mol. The van der Waals surface area contributed by atoms with Gasteiger partial charge < -0.3 is 4.42 Å². The average molecular weight is 960 g/mol. The zero-order chi connectivity index (χ0) is 49.4. The second-order valence-corrected chi connectivity index (χ2v) is 18.7. The first-order chi connectivity index (χ1) is 37.1. The SMILES string of the molecule is c1ccc2ncc(-c3cc(-c4cnc5ccccc5c4)nc(-c4cc(-c5nc(-c6cnc7ccccc7c6)cc(-c6cnc7ccccc7c6)n5)cc(-c5nc6c7ccccc7c7ccccc7c6o5)c4)n3)cc2c1. The number of pyridine rings is 4. The van der Waals surface area contributed by atoms with Crippen LogP contribution in [0, 0.1) is 0 Å². The van der Waals surface area contributed by atoms with Gasteiger partial charge in [0.1, 0.15) is 5.52 Å². The number of rotatable bonds is 7. The van der Waals surface area contributed by atoms with Crippen LogP contribution in [-0.4, -0.2) is 44.9 Å². The fraction of sp³-hybridized carbons (Fsp3) is 0. The zero-order valence-electron chi connectivity index (χ0n) is 39.8. The van der Waals surface area contributed by atoms with Crippen molar-refractivity contribution in [2.75, 3.05) is 0 Å². The summed E-state index contributed by atoms with van der Waals surface area (Å²) in [5.74, 6) is 1.36. The molecule has 0 aliphatic carbocycles. The maximum atomic E-state index is 6.97. The Labute approximate surface area is 427 Å². The number of fused-ring (bicyclic) bond motifs is 10. The molecule has 0 saturated carbocycles. The maximum absolute atomic E-state index is 6.97. The van der Waals surface area contributed by atoms with Crippen LogP contribution >= 0.6 is 0 Å². The van der Waals surface area contributed by atoms with E-state index >= 15 is 0 Å². The molecule has 0 aliphatic rings. The quantitative estimate of drug-likeness (QED) is 0.142. The Kier molecular flexibility index (Phi) is 9.64. The highest BCUT2D eigenvalue weighted by Crippen LogP contribution is 2.40. The van der Waals surface area contributed by atoms with Gasteiger partial charge in [-0.05, 0) is 89.6 Å². The summed E-state index contributed by atoms with van der Waals surface area (Å²) in [4.78, 5) is 46.2. The van der Waals surface area contributed by atoms with Gasteiger partial charge in [0.2, 0.25) is 5.89 Å². The van der Waals surface area contributed by atoms with Crippen LogP contribution in [0.25, 0.3) is 156 Å². The topological polar surface area (TPSA) is 129 Å². The van der Waals surface area contributed by atoms with Gasteiger partial charge in [0.25, 0.3) is 0 Å². The minimum absolute atomic E-state index is 0.428. The Hall–Kier alpha value is -10.5. The third kappa shape index (κ3) is 7.47. The number of aromatic nitrogens is 9.